The summed E-state index contributed by atoms with van der Waals surface area (Å²) in [7, 11) is -2.03. The number of rotatable bonds is 4. The highest BCUT2D eigenvalue weighted by Crippen LogP contribution is 2.23. The van der Waals surface area contributed by atoms with E-state index in [1.54, 1.807) is 44.4 Å². The van der Waals surface area contributed by atoms with E-state index in [-0.39, 0.29) is 0 Å². The third-order valence-electron chi connectivity index (χ3n) is 3.42. The average Bonchev–Trinajstić information content (AvgIpc) is 2.43. The SMILES string of the molecule is COc1ccc(NS(=O)(=O)c2cc(C)c(C)cc2C)cc1. The molecule has 2 aromatic rings. The lowest BCUT2D eigenvalue weighted by atomic mass is 10.1. The minimum atomic E-state index is -3.59. The fourth-order valence-electron chi connectivity index (χ4n) is 2.09. The maximum atomic E-state index is 12.5. The first-order valence-electron chi connectivity index (χ1n) is 6.58. The number of aryl methyl sites for hydroxylation is 3. The Morgan fingerprint density at radius 1 is 0.905 bits per heavy atom. The molecule has 0 fully saturated rings. The van der Waals surface area contributed by atoms with Gasteiger partial charge in [0.05, 0.1) is 12.0 Å². The number of sulfonamides is 1. The predicted molar refractivity (Wildman–Crippen MR) is 84.5 cm³/mol. The zero-order valence-corrected chi connectivity index (χ0v) is 13.4. The molecule has 21 heavy (non-hydrogen) atoms. The number of hydrogen-bond donors (Lipinski definition) is 1. The first-order valence-corrected chi connectivity index (χ1v) is 8.06. The van der Waals surface area contributed by atoms with Gasteiger partial charge in [0.2, 0.25) is 0 Å². The topological polar surface area (TPSA) is 55.4 Å². The van der Waals surface area contributed by atoms with Crippen LogP contribution in [0.3, 0.4) is 0 Å². The first kappa shape index (κ1) is 15.4. The van der Waals surface area contributed by atoms with Crippen molar-refractivity contribution in [3.63, 3.8) is 0 Å². The molecule has 0 unspecified atom stereocenters. The van der Waals surface area contributed by atoms with Gasteiger partial charge in [-0.05, 0) is 67.8 Å². The Morgan fingerprint density at radius 2 is 1.48 bits per heavy atom. The molecule has 2 rings (SSSR count). The standard InChI is InChI=1S/C16H19NO3S/c1-11-9-13(3)16(10-12(11)2)21(18,19)17-14-5-7-15(20-4)8-6-14/h5-10,17H,1-4H3. The minimum absolute atomic E-state index is 0.307. The summed E-state index contributed by atoms with van der Waals surface area (Å²) in [6, 6.07) is 10.4. The van der Waals surface area contributed by atoms with Crippen LogP contribution in [0.15, 0.2) is 41.3 Å². The largest absolute Gasteiger partial charge is 0.497 e. The molecular weight excluding hydrogens is 286 g/mol. The summed E-state index contributed by atoms with van der Waals surface area (Å²) in [5.74, 6) is 0.681. The van der Waals surface area contributed by atoms with E-state index >= 15 is 0 Å². The van der Waals surface area contributed by atoms with Gasteiger partial charge in [0.15, 0.2) is 0 Å². The number of hydrogen-bond acceptors (Lipinski definition) is 3. The van der Waals surface area contributed by atoms with E-state index in [0.29, 0.717) is 16.3 Å². The molecule has 0 aliphatic rings. The maximum Gasteiger partial charge on any atom is 0.262 e. The summed E-state index contributed by atoms with van der Waals surface area (Å²) in [6.07, 6.45) is 0. The Bertz CT molecular complexity index is 750. The van der Waals surface area contributed by atoms with Crippen molar-refractivity contribution in [2.75, 3.05) is 11.8 Å². The van der Waals surface area contributed by atoms with Crippen molar-refractivity contribution in [3.05, 3.63) is 53.1 Å². The molecule has 0 spiro atoms. The molecular formula is C16H19NO3S. The molecule has 0 heterocycles. The number of anilines is 1. The molecule has 4 nitrogen and oxygen atoms in total. The van der Waals surface area contributed by atoms with E-state index in [9.17, 15) is 8.42 Å². The van der Waals surface area contributed by atoms with Crippen LogP contribution in [-0.4, -0.2) is 15.5 Å². The van der Waals surface area contributed by atoms with Crippen LogP contribution in [0.25, 0.3) is 0 Å². The van der Waals surface area contributed by atoms with Crippen molar-refractivity contribution in [2.45, 2.75) is 25.7 Å². The molecule has 0 atom stereocenters. The van der Waals surface area contributed by atoms with Gasteiger partial charge in [0, 0.05) is 5.69 Å². The van der Waals surface area contributed by atoms with Gasteiger partial charge in [-0.25, -0.2) is 8.42 Å². The summed E-state index contributed by atoms with van der Waals surface area (Å²) in [6.45, 7) is 5.67. The Kier molecular flexibility index (Phi) is 4.23. The van der Waals surface area contributed by atoms with Gasteiger partial charge in [-0.15, -0.1) is 0 Å². The molecule has 0 saturated heterocycles. The van der Waals surface area contributed by atoms with E-state index in [4.69, 9.17) is 4.74 Å². The van der Waals surface area contributed by atoms with Gasteiger partial charge in [0.1, 0.15) is 5.75 Å². The lowest BCUT2D eigenvalue weighted by Gasteiger charge is -2.13. The van der Waals surface area contributed by atoms with Crippen molar-refractivity contribution in [1.82, 2.24) is 0 Å². The van der Waals surface area contributed by atoms with Crippen LogP contribution >= 0.6 is 0 Å². The molecule has 0 aromatic heterocycles. The second-order valence-electron chi connectivity index (χ2n) is 5.04. The van der Waals surface area contributed by atoms with Crippen LogP contribution < -0.4 is 9.46 Å². The Hall–Kier alpha value is -2.01. The molecule has 0 radical (unpaired) electrons. The molecule has 5 heteroatoms. The first-order chi connectivity index (χ1) is 9.83. The van der Waals surface area contributed by atoms with Gasteiger partial charge in [-0.2, -0.15) is 0 Å². The van der Waals surface area contributed by atoms with Crippen LogP contribution in [0.5, 0.6) is 5.75 Å². The van der Waals surface area contributed by atoms with Crippen molar-refractivity contribution in [1.29, 1.82) is 0 Å². The summed E-state index contributed by atoms with van der Waals surface area (Å²) >= 11 is 0. The minimum Gasteiger partial charge on any atom is -0.497 e. The third kappa shape index (κ3) is 3.36. The van der Waals surface area contributed by atoms with Crippen LogP contribution in [-0.2, 0) is 10.0 Å². The second kappa shape index (κ2) is 5.77. The molecule has 0 saturated carbocycles. The Morgan fingerprint density at radius 3 is 2.05 bits per heavy atom. The molecule has 0 bridgehead atoms. The average molecular weight is 305 g/mol. The quantitative estimate of drug-likeness (QED) is 0.941. The van der Waals surface area contributed by atoms with Gasteiger partial charge in [-0.3, -0.25) is 4.72 Å². The van der Waals surface area contributed by atoms with E-state index in [0.717, 1.165) is 16.7 Å². The summed E-state index contributed by atoms with van der Waals surface area (Å²) < 4.78 is 32.6. The monoisotopic (exact) mass is 305 g/mol. The van der Waals surface area contributed by atoms with E-state index in [1.165, 1.54) is 0 Å². The van der Waals surface area contributed by atoms with Gasteiger partial charge >= 0.3 is 0 Å². The lowest BCUT2D eigenvalue weighted by molar-refractivity contribution is 0.415. The van der Waals surface area contributed by atoms with E-state index in [2.05, 4.69) is 4.72 Å². The maximum absolute atomic E-state index is 12.5. The molecule has 0 aliphatic heterocycles. The smallest absolute Gasteiger partial charge is 0.262 e. The molecule has 1 N–H and O–H groups in total. The molecule has 0 aliphatic carbocycles. The summed E-state index contributed by atoms with van der Waals surface area (Å²) in [5.41, 5.74) is 3.28. The lowest BCUT2D eigenvalue weighted by Crippen LogP contribution is -2.14. The zero-order valence-electron chi connectivity index (χ0n) is 12.6. The predicted octanol–water partition coefficient (Wildman–Crippen LogP) is 3.42. The van der Waals surface area contributed by atoms with E-state index in [1.807, 2.05) is 19.9 Å². The normalized spacial score (nSPS) is 11.2. The van der Waals surface area contributed by atoms with Crippen molar-refractivity contribution >= 4 is 15.7 Å². The molecule has 112 valence electrons. The van der Waals surface area contributed by atoms with Gasteiger partial charge < -0.3 is 4.74 Å². The van der Waals surface area contributed by atoms with E-state index < -0.39 is 10.0 Å². The van der Waals surface area contributed by atoms with Crippen LogP contribution in [0.2, 0.25) is 0 Å². The van der Waals surface area contributed by atoms with Crippen molar-refractivity contribution in [2.24, 2.45) is 0 Å². The number of benzene rings is 2. The van der Waals surface area contributed by atoms with Crippen LogP contribution in [0.4, 0.5) is 5.69 Å². The van der Waals surface area contributed by atoms with Crippen molar-refractivity contribution < 1.29 is 13.2 Å². The van der Waals surface area contributed by atoms with Crippen molar-refractivity contribution in [3.8, 4) is 5.75 Å². The molecule has 2 aromatic carbocycles. The fourth-order valence-corrected chi connectivity index (χ4v) is 3.46. The number of ether oxygens (including phenoxy) is 1. The third-order valence-corrected chi connectivity index (χ3v) is 4.95. The van der Waals surface area contributed by atoms with Crippen LogP contribution in [0, 0.1) is 20.8 Å². The van der Waals surface area contributed by atoms with Gasteiger partial charge in [0.25, 0.3) is 10.0 Å². The summed E-state index contributed by atoms with van der Waals surface area (Å²) in [4.78, 5) is 0.307. The highest BCUT2D eigenvalue weighted by molar-refractivity contribution is 7.92. The van der Waals surface area contributed by atoms with Gasteiger partial charge in [-0.1, -0.05) is 6.07 Å². The number of nitrogens with one attached hydrogen (secondary N) is 1. The Labute approximate surface area is 125 Å². The number of methoxy groups -OCH3 is 1. The summed E-state index contributed by atoms with van der Waals surface area (Å²) in [5, 5.41) is 0. The Balaban J connectivity index is 2.35. The fraction of sp³-hybridized carbons (Fsp3) is 0.250. The molecule has 0 amide bonds. The highest BCUT2D eigenvalue weighted by Gasteiger charge is 2.18. The van der Waals surface area contributed by atoms with Crippen LogP contribution in [0.1, 0.15) is 16.7 Å². The zero-order chi connectivity index (χ0) is 15.6. The highest BCUT2D eigenvalue weighted by atomic mass is 32.2. The second-order valence-corrected chi connectivity index (χ2v) is 6.69.